The lowest BCUT2D eigenvalue weighted by Gasteiger charge is -2.48. The Kier molecular flexibility index (Phi) is 11.5. The number of halogens is 1. The molecule has 0 bridgehead atoms. The molecule has 2 N–H and O–H groups in total. The number of nitrogens with two attached hydrogens (primary N) is 1. The fraction of sp³-hybridized carbons (Fsp3) is 0.475. The lowest BCUT2D eigenvalue weighted by Crippen LogP contribution is -2.50. The molecular formula is C40H50FN5O2. The second kappa shape index (κ2) is 16.4. The van der Waals surface area contributed by atoms with Crippen LogP contribution in [0.1, 0.15) is 74.5 Å². The summed E-state index contributed by atoms with van der Waals surface area (Å²) in [4.78, 5) is 20.5. The van der Waals surface area contributed by atoms with Crippen LogP contribution in [0.5, 0.6) is 5.75 Å². The Morgan fingerprint density at radius 3 is 2.25 bits per heavy atom. The van der Waals surface area contributed by atoms with E-state index in [1.807, 2.05) is 41.3 Å². The van der Waals surface area contributed by atoms with Gasteiger partial charge in [0.15, 0.2) is 0 Å². The number of amides is 1. The van der Waals surface area contributed by atoms with Crippen molar-refractivity contribution in [2.24, 2.45) is 23.0 Å². The maximum Gasteiger partial charge on any atom is 0.226 e. The van der Waals surface area contributed by atoms with Gasteiger partial charge in [-0.25, -0.2) is 9.37 Å². The summed E-state index contributed by atoms with van der Waals surface area (Å²) in [5.74, 6) is 1.22. The minimum Gasteiger partial charge on any atom is -0.489 e. The van der Waals surface area contributed by atoms with Gasteiger partial charge in [-0.1, -0.05) is 73.9 Å². The molecule has 2 fully saturated rings. The highest BCUT2D eigenvalue weighted by atomic mass is 19.1. The van der Waals surface area contributed by atoms with Gasteiger partial charge in [-0.05, 0) is 104 Å². The van der Waals surface area contributed by atoms with Crippen molar-refractivity contribution in [3.05, 3.63) is 114 Å². The number of ether oxygens (including phenoxy) is 1. The highest BCUT2D eigenvalue weighted by Gasteiger charge is 2.43. The quantitative estimate of drug-likeness (QED) is 0.154. The summed E-state index contributed by atoms with van der Waals surface area (Å²) in [6.45, 7) is 2.92. The molecule has 3 aromatic carbocycles. The molecule has 1 saturated heterocycles. The van der Waals surface area contributed by atoms with E-state index >= 15 is 0 Å². The van der Waals surface area contributed by atoms with Crippen LogP contribution in [-0.4, -0.2) is 44.7 Å². The van der Waals surface area contributed by atoms with Gasteiger partial charge in [0.1, 0.15) is 30.8 Å². The van der Waals surface area contributed by atoms with Crippen molar-refractivity contribution in [2.75, 3.05) is 13.1 Å². The molecule has 254 valence electrons. The molecule has 1 aliphatic carbocycles. The third kappa shape index (κ3) is 9.10. The van der Waals surface area contributed by atoms with Crippen LogP contribution in [0.3, 0.4) is 0 Å². The van der Waals surface area contributed by atoms with E-state index in [2.05, 4.69) is 39.2 Å². The highest BCUT2D eigenvalue weighted by Crippen LogP contribution is 2.47. The van der Waals surface area contributed by atoms with E-state index < -0.39 is 0 Å². The largest absolute Gasteiger partial charge is 0.489 e. The number of carbonyl (C=O) groups excluding carboxylic acids is 1. The van der Waals surface area contributed by atoms with Crippen molar-refractivity contribution in [3.8, 4) is 5.75 Å². The molecule has 1 aromatic heterocycles. The Hall–Kier alpha value is -4.04. The lowest BCUT2D eigenvalue weighted by molar-refractivity contribution is -0.139. The Morgan fingerprint density at radius 2 is 1.56 bits per heavy atom. The van der Waals surface area contributed by atoms with Gasteiger partial charge in [0.25, 0.3) is 0 Å². The Balaban J connectivity index is 1.07. The predicted octanol–water partition coefficient (Wildman–Crippen LogP) is 7.39. The molecule has 4 aromatic rings. The SMILES string of the molecule is NC(CCC(Cc1ccc(F)cc1)C(=O)N1CCC(Cn2cncn2)(C2CCCCC2)CC1)Cc1ccc(OCc2ccccc2)cc1. The molecule has 2 heterocycles. The fourth-order valence-corrected chi connectivity index (χ4v) is 7.98. The summed E-state index contributed by atoms with van der Waals surface area (Å²) in [5, 5.41) is 4.46. The molecule has 2 unspecified atom stereocenters. The van der Waals surface area contributed by atoms with Crippen LogP contribution in [0.15, 0.2) is 91.5 Å². The zero-order valence-electron chi connectivity index (χ0n) is 28.1. The molecule has 2 atom stereocenters. The molecular weight excluding hydrogens is 601 g/mol. The molecule has 0 spiro atoms. The van der Waals surface area contributed by atoms with Crippen molar-refractivity contribution in [1.82, 2.24) is 19.7 Å². The summed E-state index contributed by atoms with van der Waals surface area (Å²) in [5.41, 5.74) is 10.1. The van der Waals surface area contributed by atoms with E-state index in [-0.39, 0.29) is 29.1 Å². The van der Waals surface area contributed by atoms with Crippen LogP contribution in [0, 0.1) is 23.1 Å². The second-order valence-corrected chi connectivity index (χ2v) is 14.1. The molecule has 2 aliphatic rings. The van der Waals surface area contributed by atoms with Crippen LogP contribution < -0.4 is 10.5 Å². The van der Waals surface area contributed by atoms with E-state index in [1.165, 1.54) is 44.2 Å². The van der Waals surface area contributed by atoms with E-state index in [4.69, 9.17) is 10.5 Å². The number of carbonyl (C=O) groups is 1. The average Bonchev–Trinajstić information content (AvgIpc) is 3.64. The molecule has 1 aliphatic heterocycles. The number of piperidine rings is 1. The number of hydrogen-bond acceptors (Lipinski definition) is 5. The lowest BCUT2D eigenvalue weighted by atomic mass is 9.63. The van der Waals surface area contributed by atoms with Crippen LogP contribution in [-0.2, 0) is 30.8 Å². The van der Waals surface area contributed by atoms with E-state index in [9.17, 15) is 9.18 Å². The van der Waals surface area contributed by atoms with Gasteiger partial charge in [0, 0.05) is 31.6 Å². The van der Waals surface area contributed by atoms with Gasteiger partial charge < -0.3 is 15.4 Å². The summed E-state index contributed by atoms with van der Waals surface area (Å²) in [6, 6.07) is 24.8. The zero-order valence-corrected chi connectivity index (χ0v) is 28.1. The van der Waals surface area contributed by atoms with Crippen molar-refractivity contribution in [1.29, 1.82) is 0 Å². The molecule has 1 saturated carbocycles. The number of nitrogens with zero attached hydrogens (tertiary/aromatic N) is 4. The highest BCUT2D eigenvalue weighted by molar-refractivity contribution is 5.79. The maximum absolute atomic E-state index is 14.2. The topological polar surface area (TPSA) is 86.3 Å². The number of hydrogen-bond donors (Lipinski definition) is 1. The van der Waals surface area contributed by atoms with Gasteiger partial charge in [0.05, 0.1) is 0 Å². The zero-order chi connectivity index (χ0) is 33.2. The van der Waals surface area contributed by atoms with Gasteiger partial charge in [0.2, 0.25) is 5.91 Å². The minimum atomic E-state index is -0.261. The smallest absolute Gasteiger partial charge is 0.226 e. The first-order valence-electron chi connectivity index (χ1n) is 17.8. The number of likely N-dealkylation sites (tertiary alicyclic amines) is 1. The molecule has 6 rings (SSSR count). The van der Waals surface area contributed by atoms with Gasteiger partial charge in [-0.3, -0.25) is 9.48 Å². The normalized spacial score (nSPS) is 17.9. The number of benzene rings is 3. The van der Waals surface area contributed by atoms with Crippen molar-refractivity contribution in [3.63, 3.8) is 0 Å². The predicted molar refractivity (Wildman–Crippen MR) is 187 cm³/mol. The van der Waals surface area contributed by atoms with Gasteiger partial charge >= 0.3 is 0 Å². The summed E-state index contributed by atoms with van der Waals surface area (Å²) < 4.78 is 21.7. The van der Waals surface area contributed by atoms with Crippen LogP contribution >= 0.6 is 0 Å². The third-order valence-electron chi connectivity index (χ3n) is 10.8. The Morgan fingerprint density at radius 1 is 0.875 bits per heavy atom. The Bertz CT molecular complexity index is 1530. The first-order valence-corrected chi connectivity index (χ1v) is 17.8. The van der Waals surface area contributed by atoms with Crippen LogP contribution in [0.25, 0.3) is 0 Å². The fourth-order valence-electron chi connectivity index (χ4n) is 7.98. The monoisotopic (exact) mass is 651 g/mol. The second-order valence-electron chi connectivity index (χ2n) is 14.1. The number of rotatable bonds is 14. The first-order chi connectivity index (χ1) is 23.5. The maximum atomic E-state index is 14.2. The van der Waals surface area contributed by atoms with Gasteiger partial charge in [-0.2, -0.15) is 5.10 Å². The Labute approximate surface area is 284 Å². The molecule has 1 amide bonds. The minimum absolute atomic E-state index is 0.0763. The third-order valence-corrected chi connectivity index (χ3v) is 10.8. The summed E-state index contributed by atoms with van der Waals surface area (Å²) >= 11 is 0. The van der Waals surface area contributed by atoms with Crippen LogP contribution in [0.2, 0.25) is 0 Å². The summed E-state index contributed by atoms with van der Waals surface area (Å²) in [7, 11) is 0. The van der Waals surface area contributed by atoms with E-state index in [1.54, 1.807) is 18.5 Å². The summed E-state index contributed by atoms with van der Waals surface area (Å²) in [6.07, 6.45) is 14.6. The molecule has 8 heteroatoms. The molecule has 7 nitrogen and oxygen atoms in total. The van der Waals surface area contributed by atoms with Crippen molar-refractivity contribution < 1.29 is 13.9 Å². The first kappa shape index (κ1) is 33.8. The molecule has 0 radical (unpaired) electrons. The number of aromatic nitrogens is 3. The van der Waals surface area contributed by atoms with Crippen LogP contribution in [0.4, 0.5) is 4.39 Å². The van der Waals surface area contributed by atoms with E-state index in [0.29, 0.717) is 25.4 Å². The standard InChI is InChI=1S/C40H50FN5O2/c41-36-16-11-31(12-17-36)25-34(15-18-37(42)26-32-13-19-38(20-14-32)48-27-33-7-3-1-4-8-33)39(47)45-23-21-40(22-24-45,28-46-30-43-29-44-46)35-9-5-2-6-10-35/h1,3-4,7-8,11-14,16-17,19-20,29-30,34-35,37H,2,5-6,9-10,15,18,21-28,42H2. The van der Waals surface area contributed by atoms with Gasteiger partial charge in [-0.15, -0.1) is 0 Å². The van der Waals surface area contributed by atoms with Crippen molar-refractivity contribution in [2.45, 2.75) is 89.8 Å². The molecule has 48 heavy (non-hydrogen) atoms. The van der Waals surface area contributed by atoms with E-state index in [0.717, 1.165) is 67.8 Å². The van der Waals surface area contributed by atoms with Crippen molar-refractivity contribution >= 4 is 5.91 Å². The average molecular weight is 652 g/mol.